The van der Waals surface area contributed by atoms with Crippen LogP contribution in [0.5, 0.6) is 11.5 Å². The van der Waals surface area contributed by atoms with Crippen LogP contribution in [0.1, 0.15) is 34.9 Å². The first-order valence-electron chi connectivity index (χ1n) is 8.51. The fourth-order valence-corrected chi connectivity index (χ4v) is 4.13. The number of ether oxygens (including phenoxy) is 2. The molecular formula is C19H24N2O3S. The van der Waals surface area contributed by atoms with Crippen LogP contribution >= 0.6 is 11.3 Å². The van der Waals surface area contributed by atoms with Crippen LogP contribution in [0.4, 0.5) is 0 Å². The smallest absolute Gasteiger partial charge is 0.222 e. The van der Waals surface area contributed by atoms with Gasteiger partial charge >= 0.3 is 0 Å². The molecule has 5 nitrogen and oxygen atoms in total. The van der Waals surface area contributed by atoms with Gasteiger partial charge in [-0.25, -0.2) is 4.98 Å². The SMILES string of the molecule is COc1ccc(OC)c([C@@H]2CCN(C(=O)CCc3scnc3C)C2)c1. The fraction of sp³-hybridized carbons (Fsp3) is 0.474. The molecule has 25 heavy (non-hydrogen) atoms. The van der Waals surface area contributed by atoms with E-state index in [1.807, 2.05) is 35.5 Å². The largest absolute Gasteiger partial charge is 0.497 e. The lowest BCUT2D eigenvalue weighted by molar-refractivity contribution is -0.130. The highest BCUT2D eigenvalue weighted by Crippen LogP contribution is 2.36. The summed E-state index contributed by atoms with van der Waals surface area (Å²) < 4.78 is 10.8. The molecule has 0 saturated carbocycles. The van der Waals surface area contributed by atoms with Gasteiger partial charge in [0.2, 0.25) is 5.91 Å². The Labute approximate surface area is 152 Å². The summed E-state index contributed by atoms with van der Waals surface area (Å²) in [6.45, 7) is 3.53. The van der Waals surface area contributed by atoms with Gasteiger partial charge in [-0.3, -0.25) is 4.79 Å². The monoisotopic (exact) mass is 360 g/mol. The van der Waals surface area contributed by atoms with Gasteiger partial charge < -0.3 is 14.4 Å². The van der Waals surface area contributed by atoms with Crippen molar-refractivity contribution in [3.05, 3.63) is 39.8 Å². The number of amides is 1. The normalized spacial score (nSPS) is 16.9. The maximum atomic E-state index is 12.6. The number of aromatic nitrogens is 1. The van der Waals surface area contributed by atoms with E-state index in [1.165, 1.54) is 4.88 Å². The number of hydrogen-bond donors (Lipinski definition) is 0. The first-order valence-corrected chi connectivity index (χ1v) is 9.39. The Kier molecular flexibility index (Phi) is 5.58. The summed E-state index contributed by atoms with van der Waals surface area (Å²) in [6.07, 6.45) is 2.28. The van der Waals surface area contributed by atoms with Crippen molar-refractivity contribution in [1.29, 1.82) is 0 Å². The molecule has 1 atom stereocenters. The third-order valence-corrected chi connectivity index (χ3v) is 5.82. The van der Waals surface area contributed by atoms with Crippen LogP contribution in [0, 0.1) is 6.92 Å². The van der Waals surface area contributed by atoms with Crippen molar-refractivity contribution >= 4 is 17.2 Å². The van der Waals surface area contributed by atoms with Gasteiger partial charge in [-0.2, -0.15) is 0 Å². The number of methoxy groups -OCH3 is 2. The molecule has 1 fully saturated rings. The molecule has 0 bridgehead atoms. The summed E-state index contributed by atoms with van der Waals surface area (Å²) >= 11 is 1.63. The van der Waals surface area contributed by atoms with Crippen LogP contribution < -0.4 is 9.47 Å². The van der Waals surface area contributed by atoms with Gasteiger partial charge in [0.25, 0.3) is 0 Å². The van der Waals surface area contributed by atoms with E-state index in [-0.39, 0.29) is 5.91 Å². The minimum atomic E-state index is 0.220. The Morgan fingerprint density at radius 3 is 2.88 bits per heavy atom. The summed E-state index contributed by atoms with van der Waals surface area (Å²) in [6, 6.07) is 5.86. The number of aryl methyl sites for hydroxylation is 2. The van der Waals surface area contributed by atoms with Crippen molar-refractivity contribution in [2.45, 2.75) is 32.1 Å². The molecule has 2 aromatic rings. The number of thiazole rings is 1. The second kappa shape index (κ2) is 7.87. The number of rotatable bonds is 6. The highest BCUT2D eigenvalue weighted by Gasteiger charge is 2.29. The molecule has 2 heterocycles. The average Bonchev–Trinajstić information content (AvgIpc) is 3.28. The lowest BCUT2D eigenvalue weighted by Gasteiger charge is -2.18. The first kappa shape index (κ1) is 17.7. The van der Waals surface area contributed by atoms with Gasteiger partial charge in [0, 0.05) is 35.9 Å². The summed E-state index contributed by atoms with van der Waals surface area (Å²) in [4.78, 5) is 20.0. The Morgan fingerprint density at radius 2 is 2.20 bits per heavy atom. The van der Waals surface area contributed by atoms with Crippen molar-refractivity contribution in [2.24, 2.45) is 0 Å². The highest BCUT2D eigenvalue weighted by atomic mass is 32.1. The number of nitrogens with zero attached hydrogens (tertiary/aromatic N) is 2. The fourth-order valence-electron chi connectivity index (χ4n) is 3.34. The van der Waals surface area contributed by atoms with E-state index in [1.54, 1.807) is 25.6 Å². The summed E-state index contributed by atoms with van der Waals surface area (Å²) in [5.41, 5.74) is 4.00. The van der Waals surface area contributed by atoms with Crippen LogP contribution in [0.2, 0.25) is 0 Å². The standard InChI is InChI=1S/C19H24N2O3S/c1-13-18(25-12-20-13)6-7-19(22)21-9-8-14(11-21)16-10-15(23-2)4-5-17(16)24-3/h4-5,10,12,14H,6-9,11H2,1-3H3/t14-/m1/s1. The van der Waals surface area contributed by atoms with E-state index in [2.05, 4.69) is 4.98 Å². The average molecular weight is 360 g/mol. The number of hydrogen-bond acceptors (Lipinski definition) is 5. The van der Waals surface area contributed by atoms with Crippen LogP contribution in [0.3, 0.4) is 0 Å². The van der Waals surface area contributed by atoms with Crippen molar-refractivity contribution in [2.75, 3.05) is 27.3 Å². The number of carbonyl (C=O) groups excluding carboxylic acids is 1. The van der Waals surface area contributed by atoms with Gasteiger partial charge in [-0.15, -0.1) is 11.3 Å². The third-order valence-electron chi connectivity index (χ3n) is 4.83. The molecule has 1 aliphatic heterocycles. The molecule has 1 saturated heterocycles. The quantitative estimate of drug-likeness (QED) is 0.792. The number of benzene rings is 1. The minimum absolute atomic E-state index is 0.220. The van der Waals surface area contributed by atoms with Crippen molar-refractivity contribution < 1.29 is 14.3 Å². The van der Waals surface area contributed by atoms with E-state index in [9.17, 15) is 4.79 Å². The van der Waals surface area contributed by atoms with Crippen LogP contribution in [-0.4, -0.2) is 43.1 Å². The molecule has 1 aromatic heterocycles. The van der Waals surface area contributed by atoms with Crippen molar-refractivity contribution in [1.82, 2.24) is 9.88 Å². The zero-order valence-corrected chi connectivity index (χ0v) is 15.8. The molecule has 1 amide bonds. The summed E-state index contributed by atoms with van der Waals surface area (Å²) in [5.74, 6) is 2.19. The predicted molar refractivity (Wildman–Crippen MR) is 98.7 cm³/mol. The van der Waals surface area contributed by atoms with Gasteiger partial charge in [-0.1, -0.05) is 0 Å². The molecule has 0 N–H and O–H groups in total. The summed E-state index contributed by atoms with van der Waals surface area (Å²) in [7, 11) is 3.35. The van der Waals surface area contributed by atoms with E-state index in [0.29, 0.717) is 12.3 Å². The molecule has 0 unspecified atom stereocenters. The maximum absolute atomic E-state index is 12.6. The predicted octanol–water partition coefficient (Wildman–Crippen LogP) is 3.42. The number of likely N-dealkylation sites (tertiary alicyclic amines) is 1. The van der Waals surface area contributed by atoms with E-state index in [0.717, 1.165) is 48.7 Å². The van der Waals surface area contributed by atoms with Crippen LogP contribution in [0.25, 0.3) is 0 Å². The Balaban J connectivity index is 1.63. The van der Waals surface area contributed by atoms with Gasteiger partial charge in [0.15, 0.2) is 0 Å². The lowest BCUT2D eigenvalue weighted by Crippen LogP contribution is -2.28. The second-order valence-corrected chi connectivity index (χ2v) is 7.23. The van der Waals surface area contributed by atoms with Crippen LogP contribution in [-0.2, 0) is 11.2 Å². The molecule has 3 rings (SSSR count). The minimum Gasteiger partial charge on any atom is -0.497 e. The van der Waals surface area contributed by atoms with E-state index in [4.69, 9.17) is 9.47 Å². The molecule has 134 valence electrons. The lowest BCUT2D eigenvalue weighted by atomic mass is 9.97. The summed E-state index contributed by atoms with van der Waals surface area (Å²) in [5, 5.41) is 0. The Morgan fingerprint density at radius 1 is 1.36 bits per heavy atom. The van der Waals surface area contributed by atoms with Gasteiger partial charge in [-0.05, 0) is 38.0 Å². The molecule has 0 radical (unpaired) electrons. The number of carbonyl (C=O) groups is 1. The van der Waals surface area contributed by atoms with E-state index < -0.39 is 0 Å². The zero-order valence-electron chi connectivity index (χ0n) is 14.9. The molecule has 0 spiro atoms. The zero-order chi connectivity index (χ0) is 17.8. The molecule has 0 aliphatic carbocycles. The molecule has 1 aliphatic rings. The molecule has 6 heteroatoms. The topological polar surface area (TPSA) is 51.7 Å². The first-order chi connectivity index (χ1) is 12.1. The Bertz CT molecular complexity index is 744. The van der Waals surface area contributed by atoms with Crippen molar-refractivity contribution in [3.63, 3.8) is 0 Å². The third kappa shape index (κ3) is 3.95. The van der Waals surface area contributed by atoms with E-state index >= 15 is 0 Å². The van der Waals surface area contributed by atoms with Gasteiger partial charge in [0.05, 0.1) is 25.4 Å². The van der Waals surface area contributed by atoms with Gasteiger partial charge in [0.1, 0.15) is 11.5 Å². The second-order valence-electron chi connectivity index (χ2n) is 6.29. The maximum Gasteiger partial charge on any atom is 0.222 e. The highest BCUT2D eigenvalue weighted by molar-refractivity contribution is 7.09. The molecular weight excluding hydrogens is 336 g/mol. The van der Waals surface area contributed by atoms with Crippen molar-refractivity contribution in [3.8, 4) is 11.5 Å². The molecule has 1 aromatic carbocycles. The van der Waals surface area contributed by atoms with Crippen LogP contribution in [0.15, 0.2) is 23.7 Å². The Hall–Kier alpha value is -2.08.